The third-order valence-electron chi connectivity index (χ3n) is 8.24. The molecule has 4 aromatic rings. The van der Waals surface area contributed by atoms with Crippen LogP contribution in [0.4, 0.5) is 0 Å². The van der Waals surface area contributed by atoms with E-state index >= 15 is 0 Å². The van der Waals surface area contributed by atoms with E-state index in [2.05, 4.69) is 16.7 Å². The Morgan fingerprint density at radius 1 is 1.16 bits per heavy atom. The van der Waals surface area contributed by atoms with E-state index in [0.717, 1.165) is 63.7 Å². The summed E-state index contributed by atoms with van der Waals surface area (Å²) in [5, 5.41) is 11.1. The summed E-state index contributed by atoms with van der Waals surface area (Å²) in [4.78, 5) is 35.3. The number of benzene rings is 1. The summed E-state index contributed by atoms with van der Waals surface area (Å²) in [7, 11) is 0. The van der Waals surface area contributed by atoms with Crippen LogP contribution in [-0.2, 0) is 22.4 Å². The lowest BCUT2D eigenvalue weighted by Crippen LogP contribution is -2.40. The number of rotatable bonds is 6. The topological polar surface area (TPSA) is 89.4 Å². The fourth-order valence-corrected chi connectivity index (χ4v) is 9.07. The zero-order valence-electron chi connectivity index (χ0n) is 25.7. The van der Waals surface area contributed by atoms with Gasteiger partial charge in [0.1, 0.15) is 11.1 Å². The van der Waals surface area contributed by atoms with Crippen LogP contribution in [0.3, 0.4) is 0 Å². The molecule has 0 unspecified atom stereocenters. The van der Waals surface area contributed by atoms with Gasteiger partial charge in [-0.25, -0.2) is 9.79 Å². The van der Waals surface area contributed by atoms with Gasteiger partial charge in [0.15, 0.2) is 4.80 Å². The third-order valence-corrected chi connectivity index (χ3v) is 11.2. The van der Waals surface area contributed by atoms with E-state index in [1.54, 1.807) is 34.6 Å². The van der Waals surface area contributed by atoms with Gasteiger partial charge >= 0.3 is 5.97 Å². The highest BCUT2D eigenvalue weighted by molar-refractivity contribution is 7.98. The first kappa shape index (κ1) is 30.4. The van der Waals surface area contributed by atoms with Crippen molar-refractivity contribution in [2.24, 2.45) is 4.99 Å². The second-order valence-electron chi connectivity index (χ2n) is 11.5. The number of allylic oxidation sites excluding steroid dienone is 1. The average molecular weight is 643 g/mol. The number of thiazole rings is 1. The Balaban J connectivity index is 1.50. The number of hydrogen-bond acceptors (Lipinski definition) is 8. The highest BCUT2D eigenvalue weighted by Crippen LogP contribution is 2.38. The number of ether oxygens (including phenoxy) is 1. The molecule has 0 N–H and O–H groups in total. The summed E-state index contributed by atoms with van der Waals surface area (Å²) in [6.45, 7) is 9.51. The molecule has 0 saturated heterocycles. The van der Waals surface area contributed by atoms with E-state index in [1.807, 2.05) is 64.3 Å². The average Bonchev–Trinajstić information content (AvgIpc) is 3.61. The van der Waals surface area contributed by atoms with Crippen LogP contribution in [0.1, 0.15) is 78.2 Å². The van der Waals surface area contributed by atoms with Crippen molar-refractivity contribution in [3.63, 3.8) is 0 Å². The fourth-order valence-electron chi connectivity index (χ4n) is 6.17. The van der Waals surface area contributed by atoms with E-state index in [0.29, 0.717) is 20.6 Å². The molecule has 0 spiro atoms. The minimum absolute atomic E-state index is 0.204. The standard InChI is InChI=1S/C34H34N4O3S3/c1-18(2)41-33(40)29-20(4)36-34-38(30(29)22-11-13-24(42-6)14-12-22)31(39)28(44-34)16-23-15-19(3)37(21(23)5)32-26(17-35)25-9-7-8-10-27(25)43-32/h11-16,18,30H,7-10H2,1-6H3/b28-16+/t30-/m1/s1. The number of carbonyl (C=O) groups excluding carboxylic acids is 1. The molecular weight excluding hydrogens is 609 g/mol. The number of nitrogens with zero attached hydrogens (tertiary/aromatic N) is 4. The van der Waals surface area contributed by atoms with Gasteiger partial charge in [-0.3, -0.25) is 9.36 Å². The van der Waals surface area contributed by atoms with Crippen LogP contribution >= 0.6 is 34.4 Å². The van der Waals surface area contributed by atoms with Gasteiger partial charge < -0.3 is 9.30 Å². The Morgan fingerprint density at radius 2 is 1.89 bits per heavy atom. The SMILES string of the molecule is CSc1ccc([C@@H]2C(C(=O)OC(C)C)=C(C)N=c3s/c(=C/c4cc(C)n(-c5sc6c(c5C#N)CCCC6)c4C)c(=O)n32)cc1. The molecule has 0 saturated carbocycles. The second-order valence-corrected chi connectivity index (χ2v) is 14.4. The summed E-state index contributed by atoms with van der Waals surface area (Å²) in [6.07, 6.45) is 7.88. The van der Waals surface area contributed by atoms with Crippen molar-refractivity contribution >= 4 is 46.5 Å². The monoisotopic (exact) mass is 642 g/mol. The van der Waals surface area contributed by atoms with Gasteiger partial charge in [-0.1, -0.05) is 23.5 Å². The Kier molecular flexibility index (Phi) is 8.31. The van der Waals surface area contributed by atoms with Gasteiger partial charge in [0.2, 0.25) is 0 Å². The molecule has 0 bridgehead atoms. The second kappa shape index (κ2) is 12.0. The van der Waals surface area contributed by atoms with Gasteiger partial charge in [-0.15, -0.1) is 23.1 Å². The number of esters is 1. The van der Waals surface area contributed by atoms with Gasteiger partial charge in [-0.2, -0.15) is 5.26 Å². The number of thioether (sulfide) groups is 1. The smallest absolute Gasteiger partial charge is 0.338 e. The van der Waals surface area contributed by atoms with E-state index in [1.165, 1.54) is 21.8 Å². The third kappa shape index (κ3) is 5.21. The lowest BCUT2D eigenvalue weighted by atomic mass is 9.96. The first-order valence-corrected chi connectivity index (χ1v) is 17.6. The molecule has 1 atom stereocenters. The van der Waals surface area contributed by atoms with Crippen molar-refractivity contribution in [2.45, 2.75) is 77.3 Å². The molecule has 7 nitrogen and oxygen atoms in total. The lowest BCUT2D eigenvalue weighted by Gasteiger charge is -2.25. The molecule has 1 aromatic carbocycles. The molecule has 10 heteroatoms. The van der Waals surface area contributed by atoms with Crippen LogP contribution in [0.2, 0.25) is 0 Å². The molecule has 4 heterocycles. The lowest BCUT2D eigenvalue weighted by molar-refractivity contribution is -0.143. The zero-order valence-corrected chi connectivity index (χ0v) is 28.1. The minimum Gasteiger partial charge on any atom is -0.459 e. The number of aryl methyl sites for hydroxylation is 2. The molecule has 44 heavy (non-hydrogen) atoms. The van der Waals surface area contributed by atoms with Crippen LogP contribution < -0.4 is 14.9 Å². The summed E-state index contributed by atoms with van der Waals surface area (Å²) in [5.41, 5.74) is 6.43. The molecule has 226 valence electrons. The van der Waals surface area contributed by atoms with Crippen molar-refractivity contribution in [3.8, 4) is 11.1 Å². The van der Waals surface area contributed by atoms with Crippen LogP contribution in [-0.4, -0.2) is 27.5 Å². The van der Waals surface area contributed by atoms with Crippen molar-refractivity contribution < 1.29 is 9.53 Å². The van der Waals surface area contributed by atoms with Crippen LogP contribution in [0.5, 0.6) is 0 Å². The largest absolute Gasteiger partial charge is 0.459 e. The van der Waals surface area contributed by atoms with Gasteiger partial charge in [0.25, 0.3) is 5.56 Å². The van der Waals surface area contributed by atoms with Crippen molar-refractivity contribution in [3.05, 3.63) is 99.8 Å². The Hall–Kier alpha value is -3.65. The summed E-state index contributed by atoms with van der Waals surface area (Å²) >= 11 is 4.67. The maximum Gasteiger partial charge on any atom is 0.338 e. The van der Waals surface area contributed by atoms with Crippen molar-refractivity contribution in [1.29, 1.82) is 5.26 Å². The van der Waals surface area contributed by atoms with Gasteiger partial charge in [0, 0.05) is 21.2 Å². The van der Waals surface area contributed by atoms with Crippen molar-refractivity contribution in [1.82, 2.24) is 9.13 Å². The number of carbonyl (C=O) groups is 1. The summed E-state index contributed by atoms with van der Waals surface area (Å²) in [5.74, 6) is -0.468. The number of aromatic nitrogens is 2. The van der Waals surface area contributed by atoms with E-state index < -0.39 is 12.0 Å². The highest BCUT2D eigenvalue weighted by Gasteiger charge is 2.34. The molecule has 2 aliphatic rings. The molecular formula is C34H34N4O3S3. The molecule has 1 aliphatic carbocycles. The van der Waals surface area contributed by atoms with E-state index in [4.69, 9.17) is 9.73 Å². The molecule has 1 aliphatic heterocycles. The number of thiophene rings is 1. The normalized spacial score (nSPS) is 16.5. The quantitative estimate of drug-likeness (QED) is 0.187. The number of fused-ring (bicyclic) bond motifs is 2. The molecule has 6 rings (SSSR count). The Morgan fingerprint density at radius 3 is 2.57 bits per heavy atom. The Labute approximate surface area is 268 Å². The fraction of sp³-hybridized carbons (Fsp3) is 0.353. The zero-order chi connectivity index (χ0) is 31.3. The van der Waals surface area contributed by atoms with Crippen molar-refractivity contribution in [2.75, 3.05) is 6.26 Å². The maximum atomic E-state index is 14.2. The predicted molar refractivity (Wildman–Crippen MR) is 178 cm³/mol. The number of nitriles is 1. The minimum atomic E-state index is -0.654. The van der Waals surface area contributed by atoms with Gasteiger partial charge in [-0.05, 0) is 108 Å². The Bertz CT molecular complexity index is 2050. The first-order valence-electron chi connectivity index (χ1n) is 14.7. The van der Waals surface area contributed by atoms with Crippen LogP contribution in [0, 0.1) is 25.2 Å². The van der Waals surface area contributed by atoms with Crippen LogP contribution in [0.25, 0.3) is 11.1 Å². The molecule has 3 aromatic heterocycles. The molecule has 0 fully saturated rings. The predicted octanol–water partition coefficient (Wildman–Crippen LogP) is 6.13. The summed E-state index contributed by atoms with van der Waals surface area (Å²) < 4.78 is 9.96. The maximum absolute atomic E-state index is 14.2. The summed E-state index contributed by atoms with van der Waals surface area (Å²) in [6, 6.07) is 11.8. The number of hydrogen-bond donors (Lipinski definition) is 0. The molecule has 0 radical (unpaired) electrons. The first-order chi connectivity index (χ1) is 21.1. The van der Waals surface area contributed by atoms with E-state index in [-0.39, 0.29) is 11.7 Å². The van der Waals surface area contributed by atoms with Crippen LogP contribution in [0.15, 0.2) is 56.3 Å². The highest BCUT2D eigenvalue weighted by atomic mass is 32.2. The van der Waals surface area contributed by atoms with Gasteiger partial charge in [0.05, 0.1) is 33.5 Å². The molecule has 0 amide bonds. The van der Waals surface area contributed by atoms with E-state index in [9.17, 15) is 14.9 Å².